The van der Waals surface area contributed by atoms with Crippen molar-refractivity contribution in [3.63, 3.8) is 0 Å². The highest BCUT2D eigenvalue weighted by atomic mass is 28.3. The largest absolute Gasteiger partial charge is 0.103 e. The fourth-order valence-electron chi connectivity index (χ4n) is 3.85. The minimum Gasteiger partial charge on any atom is -0.0811 e. The quantitative estimate of drug-likeness (QED) is 0.509. The van der Waals surface area contributed by atoms with Crippen molar-refractivity contribution in [1.29, 1.82) is 0 Å². The average molecular weight is 299 g/mol. The van der Waals surface area contributed by atoms with Gasteiger partial charge in [-0.1, -0.05) is 89.2 Å². The summed E-state index contributed by atoms with van der Waals surface area (Å²) in [5, 5.41) is 3.44. The van der Waals surface area contributed by atoms with Crippen LogP contribution in [-0.2, 0) is 0 Å². The average Bonchev–Trinajstić information content (AvgIpc) is 2.82. The third kappa shape index (κ3) is 3.77. The van der Waals surface area contributed by atoms with E-state index in [1.54, 1.807) is 16.0 Å². The predicted octanol–water partition coefficient (Wildman–Crippen LogP) is 5.05. The summed E-state index contributed by atoms with van der Waals surface area (Å²) in [5.74, 6) is 0. The molecule has 1 heteroatoms. The first kappa shape index (κ1) is 16.3. The maximum absolute atomic E-state index is 2.51. The Balaban J connectivity index is 2.38. The topological polar surface area (TPSA) is 0 Å². The predicted molar refractivity (Wildman–Crippen MR) is 98.2 cm³/mol. The van der Waals surface area contributed by atoms with E-state index in [0.717, 1.165) is 6.42 Å². The molecule has 1 aliphatic rings. The fourth-order valence-corrected chi connectivity index (χ4v) is 7.81. The Hall–Kier alpha value is -1.08. The monoisotopic (exact) mass is 298 g/mol. The summed E-state index contributed by atoms with van der Waals surface area (Å²) < 4.78 is 0. The molecule has 0 amide bonds. The Morgan fingerprint density at radius 2 is 1.62 bits per heavy atom. The molecule has 0 N–H and O–H groups in total. The molecule has 0 spiro atoms. The van der Waals surface area contributed by atoms with E-state index in [-0.39, 0.29) is 0 Å². The number of rotatable bonds is 6. The molecule has 0 radical (unpaired) electrons. The van der Waals surface area contributed by atoms with Gasteiger partial charge in [-0.25, -0.2) is 0 Å². The maximum Gasteiger partial charge on any atom is 0.103 e. The summed E-state index contributed by atoms with van der Waals surface area (Å²) in [5.41, 5.74) is 6.02. The molecule has 1 atom stereocenters. The van der Waals surface area contributed by atoms with E-state index >= 15 is 0 Å². The van der Waals surface area contributed by atoms with E-state index < -0.39 is 8.80 Å². The molecule has 1 aliphatic carbocycles. The van der Waals surface area contributed by atoms with Gasteiger partial charge < -0.3 is 0 Å². The lowest BCUT2D eigenvalue weighted by Crippen LogP contribution is -2.36. The summed E-state index contributed by atoms with van der Waals surface area (Å²) in [7, 11) is -1.04. The van der Waals surface area contributed by atoms with Crippen LogP contribution < -0.4 is 5.19 Å². The second-order valence-electron chi connectivity index (χ2n) is 6.64. The minimum absolute atomic E-state index is 1.04. The third-order valence-corrected chi connectivity index (χ3v) is 8.81. The van der Waals surface area contributed by atoms with Gasteiger partial charge in [0.05, 0.1) is 0 Å². The van der Waals surface area contributed by atoms with Gasteiger partial charge >= 0.3 is 0 Å². The molecule has 1 unspecified atom stereocenters. The van der Waals surface area contributed by atoms with Crippen molar-refractivity contribution in [2.75, 3.05) is 0 Å². The number of aryl methyl sites for hydroxylation is 3. The van der Waals surface area contributed by atoms with Gasteiger partial charge in [-0.15, -0.1) is 0 Å². The zero-order chi connectivity index (χ0) is 15.4. The molecule has 21 heavy (non-hydrogen) atoms. The summed E-state index contributed by atoms with van der Waals surface area (Å²) in [6, 6.07) is 6.20. The first-order valence-electron chi connectivity index (χ1n) is 8.49. The first-order chi connectivity index (χ1) is 10.0. The van der Waals surface area contributed by atoms with E-state index in [1.165, 1.54) is 42.0 Å². The van der Waals surface area contributed by atoms with Crippen LogP contribution in [-0.4, -0.2) is 8.80 Å². The molecular weight excluding hydrogens is 268 g/mol. The lowest BCUT2D eigenvalue weighted by molar-refractivity contribution is 0.767. The zero-order valence-electron chi connectivity index (χ0n) is 14.4. The van der Waals surface area contributed by atoms with Crippen LogP contribution in [0.2, 0.25) is 6.04 Å². The standard InChI is InChI=1S/C20H30Si/c1-6-7-8-12-21(19-11-9-10-16(19)3)20-17(4)13-15(2)14-18(20)5/h10-11,13-14,21H,6-9,12H2,1-5H3. The Morgan fingerprint density at radius 1 is 0.952 bits per heavy atom. The van der Waals surface area contributed by atoms with Crippen molar-refractivity contribution in [3.8, 4) is 0 Å². The maximum atomic E-state index is 2.51. The van der Waals surface area contributed by atoms with Crippen LogP contribution in [0.3, 0.4) is 0 Å². The SMILES string of the molecule is CCCCC[SiH](C1=CCC=C1C)c1c(C)cc(C)cc1C. The zero-order valence-corrected chi connectivity index (χ0v) is 15.6. The van der Waals surface area contributed by atoms with Crippen molar-refractivity contribution >= 4 is 14.0 Å². The molecule has 0 saturated carbocycles. The Morgan fingerprint density at radius 3 is 2.14 bits per heavy atom. The normalized spacial score (nSPS) is 15.9. The molecule has 1 aromatic rings. The molecule has 0 fully saturated rings. The lowest BCUT2D eigenvalue weighted by atomic mass is 10.1. The number of hydrogen-bond donors (Lipinski definition) is 0. The highest BCUT2D eigenvalue weighted by Gasteiger charge is 2.24. The number of unbranched alkanes of at least 4 members (excludes halogenated alkanes) is 2. The number of benzene rings is 1. The molecule has 0 aromatic heterocycles. The Labute approximate surface area is 132 Å². The van der Waals surface area contributed by atoms with Gasteiger partial charge in [0.25, 0.3) is 0 Å². The molecule has 0 aliphatic heterocycles. The van der Waals surface area contributed by atoms with Crippen LogP contribution in [0.15, 0.2) is 35.1 Å². The van der Waals surface area contributed by atoms with E-state index in [9.17, 15) is 0 Å². The Bertz CT molecular complexity index is 540. The Kier molecular flexibility index (Phi) is 5.63. The van der Waals surface area contributed by atoms with Crippen LogP contribution in [0.1, 0.15) is 56.2 Å². The van der Waals surface area contributed by atoms with E-state index in [0.29, 0.717) is 0 Å². The van der Waals surface area contributed by atoms with Crippen molar-refractivity contribution in [1.82, 2.24) is 0 Å². The van der Waals surface area contributed by atoms with Gasteiger partial charge in [0.2, 0.25) is 0 Å². The van der Waals surface area contributed by atoms with Gasteiger partial charge in [-0.2, -0.15) is 0 Å². The molecule has 0 nitrogen and oxygen atoms in total. The van der Waals surface area contributed by atoms with Crippen molar-refractivity contribution < 1.29 is 0 Å². The van der Waals surface area contributed by atoms with Gasteiger partial charge in [0, 0.05) is 0 Å². The molecule has 1 aromatic carbocycles. The molecular formula is C20H30Si. The van der Waals surface area contributed by atoms with E-state index in [2.05, 4.69) is 58.9 Å². The summed E-state index contributed by atoms with van der Waals surface area (Å²) in [6.45, 7) is 11.5. The van der Waals surface area contributed by atoms with Gasteiger partial charge in [-0.05, 0) is 34.1 Å². The van der Waals surface area contributed by atoms with Gasteiger partial charge in [0.15, 0.2) is 0 Å². The fraction of sp³-hybridized carbons (Fsp3) is 0.500. The smallest absolute Gasteiger partial charge is 0.0811 e. The first-order valence-corrected chi connectivity index (χ1v) is 10.5. The summed E-state index contributed by atoms with van der Waals surface area (Å²) in [4.78, 5) is 0. The van der Waals surface area contributed by atoms with Crippen LogP contribution in [0, 0.1) is 20.8 Å². The molecule has 0 heterocycles. The highest BCUT2D eigenvalue weighted by molar-refractivity contribution is 6.81. The van der Waals surface area contributed by atoms with Crippen LogP contribution in [0.25, 0.3) is 0 Å². The van der Waals surface area contributed by atoms with Crippen molar-refractivity contribution in [3.05, 3.63) is 51.7 Å². The number of allylic oxidation sites excluding steroid dienone is 4. The molecule has 2 rings (SSSR count). The highest BCUT2D eigenvalue weighted by Crippen LogP contribution is 2.26. The lowest BCUT2D eigenvalue weighted by Gasteiger charge is -2.23. The van der Waals surface area contributed by atoms with Crippen LogP contribution >= 0.6 is 0 Å². The molecule has 0 saturated heterocycles. The molecule has 114 valence electrons. The van der Waals surface area contributed by atoms with Gasteiger partial charge in [-0.3, -0.25) is 0 Å². The minimum atomic E-state index is -1.04. The van der Waals surface area contributed by atoms with Crippen LogP contribution in [0.4, 0.5) is 0 Å². The summed E-state index contributed by atoms with van der Waals surface area (Å²) in [6.07, 6.45) is 10.2. The van der Waals surface area contributed by atoms with Crippen molar-refractivity contribution in [2.24, 2.45) is 0 Å². The third-order valence-electron chi connectivity index (χ3n) is 4.78. The second-order valence-corrected chi connectivity index (χ2v) is 9.52. The van der Waals surface area contributed by atoms with Gasteiger partial charge in [0.1, 0.15) is 8.80 Å². The van der Waals surface area contributed by atoms with Crippen LogP contribution in [0.5, 0.6) is 0 Å². The number of hydrogen-bond acceptors (Lipinski definition) is 0. The van der Waals surface area contributed by atoms with E-state index in [4.69, 9.17) is 0 Å². The van der Waals surface area contributed by atoms with E-state index in [1.807, 2.05) is 0 Å². The van der Waals surface area contributed by atoms with Crippen molar-refractivity contribution in [2.45, 2.75) is 66.3 Å². The summed E-state index contributed by atoms with van der Waals surface area (Å²) >= 11 is 0. The second kappa shape index (κ2) is 7.26. The molecule has 0 bridgehead atoms.